The second kappa shape index (κ2) is 6.95. The van der Waals surface area contributed by atoms with Crippen molar-refractivity contribution in [2.75, 3.05) is 12.4 Å². The molecule has 1 aliphatic carbocycles. The van der Waals surface area contributed by atoms with Gasteiger partial charge in [-0.05, 0) is 32.3 Å². The fraction of sp³-hybridized carbons (Fsp3) is 0.438. The highest BCUT2D eigenvalue weighted by molar-refractivity contribution is 7.16. The molecule has 1 amide bonds. The molecular formula is C16H19NO5S. The number of amides is 1. The third-order valence-electron chi connectivity index (χ3n) is 4.10. The van der Waals surface area contributed by atoms with Crippen molar-refractivity contribution in [3.05, 3.63) is 28.2 Å². The molecule has 23 heavy (non-hydrogen) atoms. The molecule has 1 aliphatic rings. The molecule has 1 aromatic heterocycles. The summed E-state index contributed by atoms with van der Waals surface area (Å²) in [6, 6.07) is 0. The zero-order valence-corrected chi connectivity index (χ0v) is 14.0. The molecule has 2 rings (SSSR count). The molecule has 0 saturated carbocycles. The second-order valence-corrected chi connectivity index (χ2v) is 6.69. The van der Waals surface area contributed by atoms with E-state index >= 15 is 0 Å². The van der Waals surface area contributed by atoms with Gasteiger partial charge in [-0.1, -0.05) is 12.2 Å². The molecule has 2 N–H and O–H groups in total. The van der Waals surface area contributed by atoms with E-state index in [9.17, 15) is 19.5 Å². The highest BCUT2D eigenvalue weighted by Gasteiger charge is 2.35. The molecule has 0 spiro atoms. The van der Waals surface area contributed by atoms with Gasteiger partial charge < -0.3 is 15.2 Å². The van der Waals surface area contributed by atoms with Crippen LogP contribution in [0.5, 0.6) is 0 Å². The fourth-order valence-electron chi connectivity index (χ4n) is 2.64. The number of hydrogen-bond acceptors (Lipinski definition) is 5. The number of ether oxygens (including phenoxy) is 1. The monoisotopic (exact) mass is 337 g/mol. The maximum absolute atomic E-state index is 12.5. The number of aryl methyl sites for hydroxylation is 1. The molecule has 0 aromatic carbocycles. The first kappa shape index (κ1) is 17.2. The molecule has 0 saturated heterocycles. The van der Waals surface area contributed by atoms with Crippen LogP contribution in [0.3, 0.4) is 0 Å². The lowest BCUT2D eigenvalue weighted by Gasteiger charge is -2.24. The van der Waals surface area contributed by atoms with Gasteiger partial charge in [-0.15, -0.1) is 11.3 Å². The largest absolute Gasteiger partial charge is 0.481 e. The lowest BCUT2D eigenvalue weighted by molar-refractivity contribution is -0.146. The summed E-state index contributed by atoms with van der Waals surface area (Å²) >= 11 is 1.29. The van der Waals surface area contributed by atoms with Crippen LogP contribution in [0.25, 0.3) is 0 Å². The van der Waals surface area contributed by atoms with Gasteiger partial charge in [0.1, 0.15) is 5.00 Å². The number of carbonyl (C=O) groups is 3. The Morgan fingerprint density at radius 3 is 2.39 bits per heavy atom. The van der Waals surface area contributed by atoms with E-state index in [2.05, 4.69) is 5.32 Å². The molecular weight excluding hydrogens is 318 g/mol. The SMILES string of the molecule is COC(=O)c1c(NC(=O)[C@@H]2CC=CC[C@@H]2C(=O)O)sc(C)c1C. The van der Waals surface area contributed by atoms with Crippen LogP contribution in [0, 0.1) is 25.7 Å². The topological polar surface area (TPSA) is 92.7 Å². The van der Waals surface area contributed by atoms with Gasteiger partial charge in [0, 0.05) is 4.88 Å². The van der Waals surface area contributed by atoms with Crippen LogP contribution >= 0.6 is 11.3 Å². The van der Waals surface area contributed by atoms with Gasteiger partial charge in [-0.3, -0.25) is 9.59 Å². The highest BCUT2D eigenvalue weighted by atomic mass is 32.1. The third-order valence-corrected chi connectivity index (χ3v) is 5.22. The Morgan fingerprint density at radius 2 is 1.83 bits per heavy atom. The normalized spacial score (nSPS) is 20.1. The van der Waals surface area contributed by atoms with Gasteiger partial charge in [0.15, 0.2) is 0 Å². The summed E-state index contributed by atoms with van der Waals surface area (Å²) in [4.78, 5) is 36.7. The molecule has 0 aliphatic heterocycles. The summed E-state index contributed by atoms with van der Waals surface area (Å²) in [6.45, 7) is 3.64. The third kappa shape index (κ3) is 3.44. The van der Waals surface area contributed by atoms with Crippen LogP contribution in [-0.2, 0) is 14.3 Å². The first-order chi connectivity index (χ1) is 10.9. The van der Waals surface area contributed by atoms with Crippen molar-refractivity contribution >= 4 is 34.2 Å². The maximum atomic E-state index is 12.5. The molecule has 0 bridgehead atoms. The Morgan fingerprint density at radius 1 is 1.22 bits per heavy atom. The molecule has 6 nitrogen and oxygen atoms in total. The van der Waals surface area contributed by atoms with Gasteiger partial charge >= 0.3 is 11.9 Å². The summed E-state index contributed by atoms with van der Waals surface area (Å²) in [7, 11) is 1.28. The molecule has 1 aromatic rings. The predicted octanol–water partition coefficient (Wildman–Crippen LogP) is 2.76. The number of allylic oxidation sites excluding steroid dienone is 2. The van der Waals surface area contributed by atoms with E-state index in [0.29, 0.717) is 23.4 Å². The van der Waals surface area contributed by atoms with E-state index in [1.54, 1.807) is 13.0 Å². The quantitative estimate of drug-likeness (QED) is 0.651. The minimum Gasteiger partial charge on any atom is -0.481 e. The summed E-state index contributed by atoms with van der Waals surface area (Å²) in [5, 5.41) is 12.4. The molecule has 0 fully saturated rings. The Labute approximate surface area is 138 Å². The molecule has 1 heterocycles. The molecule has 124 valence electrons. The number of esters is 1. The number of carboxylic acid groups (broad SMARTS) is 1. The number of methoxy groups -OCH3 is 1. The number of thiophene rings is 1. The number of carbonyl (C=O) groups excluding carboxylic acids is 2. The Balaban J connectivity index is 2.27. The van der Waals surface area contributed by atoms with E-state index < -0.39 is 23.8 Å². The lowest BCUT2D eigenvalue weighted by atomic mass is 9.82. The fourth-order valence-corrected chi connectivity index (χ4v) is 3.70. The highest BCUT2D eigenvalue weighted by Crippen LogP contribution is 2.34. The smallest absolute Gasteiger partial charge is 0.341 e. The lowest BCUT2D eigenvalue weighted by Crippen LogP contribution is -2.34. The van der Waals surface area contributed by atoms with Crippen molar-refractivity contribution in [2.24, 2.45) is 11.8 Å². The van der Waals surface area contributed by atoms with Gasteiger partial charge in [0.2, 0.25) is 5.91 Å². The zero-order chi connectivity index (χ0) is 17.1. The molecule has 7 heteroatoms. The maximum Gasteiger partial charge on any atom is 0.341 e. The first-order valence-corrected chi connectivity index (χ1v) is 8.05. The van der Waals surface area contributed by atoms with Gasteiger partial charge in [0.05, 0.1) is 24.5 Å². The molecule has 2 atom stereocenters. The number of nitrogens with one attached hydrogen (secondary N) is 1. The van der Waals surface area contributed by atoms with Crippen molar-refractivity contribution in [1.82, 2.24) is 0 Å². The molecule has 0 unspecified atom stereocenters. The number of hydrogen-bond donors (Lipinski definition) is 2. The van der Waals surface area contributed by atoms with E-state index in [1.807, 2.05) is 13.0 Å². The van der Waals surface area contributed by atoms with E-state index in [1.165, 1.54) is 18.4 Å². The summed E-state index contributed by atoms with van der Waals surface area (Å²) in [6.07, 6.45) is 4.30. The average molecular weight is 337 g/mol. The predicted molar refractivity (Wildman–Crippen MR) is 86.8 cm³/mol. The van der Waals surface area contributed by atoms with Crippen molar-refractivity contribution in [3.63, 3.8) is 0 Å². The van der Waals surface area contributed by atoms with Crippen LogP contribution in [0.2, 0.25) is 0 Å². The second-order valence-electron chi connectivity index (χ2n) is 5.46. The van der Waals surface area contributed by atoms with E-state index in [-0.39, 0.29) is 5.91 Å². The number of carboxylic acids is 1. The number of rotatable bonds is 4. The van der Waals surface area contributed by atoms with E-state index in [4.69, 9.17) is 4.74 Å². The minimum atomic E-state index is -0.985. The van der Waals surface area contributed by atoms with Gasteiger partial charge in [0.25, 0.3) is 0 Å². The van der Waals surface area contributed by atoms with E-state index in [0.717, 1.165) is 10.4 Å². The first-order valence-electron chi connectivity index (χ1n) is 7.23. The summed E-state index contributed by atoms with van der Waals surface area (Å²) in [5.41, 5.74) is 1.09. The zero-order valence-electron chi connectivity index (χ0n) is 13.2. The van der Waals surface area contributed by atoms with Crippen LogP contribution in [-0.4, -0.2) is 30.1 Å². The van der Waals surface area contributed by atoms with Gasteiger partial charge in [-0.25, -0.2) is 4.79 Å². The van der Waals surface area contributed by atoms with Crippen molar-refractivity contribution in [3.8, 4) is 0 Å². The molecule has 0 radical (unpaired) electrons. The minimum absolute atomic E-state index is 0.333. The van der Waals surface area contributed by atoms with Crippen LogP contribution < -0.4 is 5.32 Å². The standard InChI is InChI=1S/C16H19NO5S/c1-8-9(2)23-14(12(8)16(21)22-3)17-13(18)10-6-4-5-7-11(10)15(19)20/h4-5,10-11H,6-7H2,1-3H3,(H,17,18)(H,19,20)/t10-,11+/m1/s1. The van der Waals surface area contributed by atoms with Gasteiger partial charge in [-0.2, -0.15) is 0 Å². The average Bonchev–Trinajstić information content (AvgIpc) is 2.80. The van der Waals surface area contributed by atoms with Crippen LogP contribution in [0.1, 0.15) is 33.6 Å². The summed E-state index contributed by atoms with van der Waals surface area (Å²) < 4.78 is 4.77. The summed E-state index contributed by atoms with van der Waals surface area (Å²) in [5.74, 6) is -3.27. The Hall–Kier alpha value is -2.15. The van der Waals surface area contributed by atoms with Crippen molar-refractivity contribution < 1.29 is 24.2 Å². The Kier molecular flexibility index (Phi) is 5.20. The van der Waals surface area contributed by atoms with Crippen molar-refractivity contribution in [2.45, 2.75) is 26.7 Å². The van der Waals surface area contributed by atoms with Crippen LogP contribution in [0.4, 0.5) is 5.00 Å². The number of aliphatic carboxylic acids is 1. The Bertz CT molecular complexity index is 676. The number of anilines is 1. The van der Waals surface area contributed by atoms with Crippen molar-refractivity contribution in [1.29, 1.82) is 0 Å². The van der Waals surface area contributed by atoms with Crippen LogP contribution in [0.15, 0.2) is 12.2 Å².